The van der Waals surface area contributed by atoms with E-state index in [1.807, 2.05) is 5.38 Å². The molecule has 1 aliphatic carbocycles. The Bertz CT molecular complexity index is 582. The highest BCUT2D eigenvalue weighted by Crippen LogP contribution is 2.34. The molecule has 1 amide bonds. The van der Waals surface area contributed by atoms with Crippen LogP contribution in [0.3, 0.4) is 0 Å². The molecule has 2 heterocycles. The van der Waals surface area contributed by atoms with Gasteiger partial charge in [0.2, 0.25) is 0 Å². The quantitative estimate of drug-likeness (QED) is 0.868. The Balaban J connectivity index is 1.87. The van der Waals surface area contributed by atoms with Gasteiger partial charge in [-0.25, -0.2) is 4.79 Å². The summed E-state index contributed by atoms with van der Waals surface area (Å²) in [4.78, 5) is 26.5. The third-order valence-corrected chi connectivity index (χ3v) is 5.51. The maximum Gasteiger partial charge on any atom is 0.326 e. The minimum Gasteiger partial charge on any atom is -0.480 e. The lowest BCUT2D eigenvalue weighted by Gasteiger charge is -2.23. The SMILES string of the molecule is CC1CCc2c(C(=O)N3C[C@H](O)C[C@@H]3C(=O)O)csc2C1. The van der Waals surface area contributed by atoms with Gasteiger partial charge in [-0.3, -0.25) is 4.79 Å². The van der Waals surface area contributed by atoms with Gasteiger partial charge in [-0.2, -0.15) is 0 Å². The van der Waals surface area contributed by atoms with Crippen molar-refractivity contribution in [1.82, 2.24) is 4.90 Å². The molecular formula is C15H19NO4S. The number of rotatable bonds is 2. The van der Waals surface area contributed by atoms with Crippen LogP contribution < -0.4 is 0 Å². The van der Waals surface area contributed by atoms with Crippen molar-refractivity contribution < 1.29 is 19.8 Å². The first-order valence-electron chi connectivity index (χ1n) is 7.28. The average Bonchev–Trinajstić information content (AvgIpc) is 3.01. The second kappa shape index (κ2) is 5.42. The van der Waals surface area contributed by atoms with E-state index in [9.17, 15) is 19.8 Å². The predicted octanol–water partition coefficient (Wildman–Crippen LogP) is 1.53. The monoisotopic (exact) mass is 309 g/mol. The van der Waals surface area contributed by atoms with Crippen LogP contribution in [0.2, 0.25) is 0 Å². The molecule has 3 atom stereocenters. The van der Waals surface area contributed by atoms with E-state index in [0.29, 0.717) is 11.5 Å². The molecule has 2 aliphatic rings. The second-order valence-corrected chi connectivity index (χ2v) is 7.06. The van der Waals surface area contributed by atoms with E-state index in [2.05, 4.69) is 6.92 Å². The third kappa shape index (κ3) is 2.58. The lowest BCUT2D eigenvalue weighted by atomic mass is 9.88. The number of thiophene rings is 1. The van der Waals surface area contributed by atoms with Crippen LogP contribution in [0, 0.1) is 5.92 Å². The minimum atomic E-state index is -1.04. The number of hydrogen-bond acceptors (Lipinski definition) is 4. The lowest BCUT2D eigenvalue weighted by molar-refractivity contribution is -0.141. The summed E-state index contributed by atoms with van der Waals surface area (Å²) in [5.41, 5.74) is 1.73. The Labute approximate surface area is 127 Å². The van der Waals surface area contributed by atoms with Gasteiger partial charge in [0.1, 0.15) is 6.04 Å². The van der Waals surface area contributed by atoms with Crippen molar-refractivity contribution in [3.05, 3.63) is 21.4 Å². The lowest BCUT2D eigenvalue weighted by Crippen LogP contribution is -2.40. The summed E-state index contributed by atoms with van der Waals surface area (Å²) >= 11 is 1.60. The first-order chi connectivity index (χ1) is 9.97. The summed E-state index contributed by atoms with van der Waals surface area (Å²) in [6.07, 6.45) is 2.32. The number of carboxylic acid groups (broad SMARTS) is 1. The molecule has 114 valence electrons. The highest BCUT2D eigenvalue weighted by molar-refractivity contribution is 7.10. The van der Waals surface area contributed by atoms with Crippen LogP contribution in [0.4, 0.5) is 0 Å². The van der Waals surface area contributed by atoms with Crippen molar-refractivity contribution in [2.24, 2.45) is 5.92 Å². The van der Waals surface area contributed by atoms with Crippen LogP contribution >= 0.6 is 11.3 Å². The minimum absolute atomic E-state index is 0.108. The Kier molecular flexibility index (Phi) is 3.75. The molecule has 3 rings (SSSR count). The van der Waals surface area contributed by atoms with E-state index in [-0.39, 0.29) is 18.9 Å². The van der Waals surface area contributed by atoms with Gasteiger partial charge in [0.25, 0.3) is 5.91 Å². The van der Waals surface area contributed by atoms with Gasteiger partial charge in [-0.1, -0.05) is 6.92 Å². The number of likely N-dealkylation sites (tertiary alicyclic amines) is 1. The van der Waals surface area contributed by atoms with E-state index in [1.54, 1.807) is 11.3 Å². The van der Waals surface area contributed by atoms with E-state index in [1.165, 1.54) is 9.78 Å². The Morgan fingerprint density at radius 3 is 2.90 bits per heavy atom. The molecule has 1 saturated heterocycles. The van der Waals surface area contributed by atoms with Crippen molar-refractivity contribution in [2.45, 2.75) is 44.8 Å². The van der Waals surface area contributed by atoms with Crippen molar-refractivity contribution >= 4 is 23.2 Å². The molecule has 0 aromatic carbocycles. The number of carboxylic acids is 1. The standard InChI is InChI=1S/C15H19NO4S/c1-8-2-3-10-11(7-21-13(10)4-8)14(18)16-6-9(17)5-12(16)15(19)20/h7-9,12,17H,2-6H2,1H3,(H,19,20)/t8?,9-,12-/m1/s1. The molecule has 21 heavy (non-hydrogen) atoms. The third-order valence-electron chi connectivity index (χ3n) is 4.46. The summed E-state index contributed by atoms with van der Waals surface area (Å²) in [6.45, 7) is 2.32. The first-order valence-corrected chi connectivity index (χ1v) is 8.16. The van der Waals surface area contributed by atoms with Crippen LogP contribution in [-0.4, -0.2) is 45.7 Å². The van der Waals surface area contributed by atoms with E-state index >= 15 is 0 Å². The predicted molar refractivity (Wildman–Crippen MR) is 78.6 cm³/mol. The maximum atomic E-state index is 12.7. The summed E-state index contributed by atoms with van der Waals surface area (Å²) < 4.78 is 0. The zero-order valence-corrected chi connectivity index (χ0v) is 12.7. The molecule has 1 aromatic rings. The van der Waals surface area contributed by atoms with Crippen LogP contribution in [0.15, 0.2) is 5.38 Å². The van der Waals surface area contributed by atoms with Crippen molar-refractivity contribution in [3.8, 4) is 0 Å². The van der Waals surface area contributed by atoms with Gasteiger partial charge in [0, 0.05) is 23.2 Å². The number of amides is 1. The van der Waals surface area contributed by atoms with E-state index in [4.69, 9.17) is 0 Å². The summed E-state index contributed by atoms with van der Waals surface area (Å²) in [5, 5.41) is 20.8. The molecule has 1 fully saturated rings. The molecule has 2 N–H and O–H groups in total. The number of β-amino-alcohol motifs (C(OH)–C–C–N with tert-alkyl or cyclic N) is 1. The van der Waals surface area contributed by atoms with Crippen LogP contribution in [-0.2, 0) is 17.6 Å². The highest BCUT2D eigenvalue weighted by Gasteiger charge is 2.40. The van der Waals surface area contributed by atoms with Gasteiger partial charge in [-0.05, 0) is 30.7 Å². The highest BCUT2D eigenvalue weighted by atomic mass is 32.1. The number of carbonyl (C=O) groups excluding carboxylic acids is 1. The largest absolute Gasteiger partial charge is 0.480 e. The van der Waals surface area contributed by atoms with Crippen LogP contribution in [0.1, 0.15) is 40.6 Å². The first kappa shape index (κ1) is 14.5. The smallest absolute Gasteiger partial charge is 0.326 e. The Morgan fingerprint density at radius 2 is 2.19 bits per heavy atom. The van der Waals surface area contributed by atoms with Crippen molar-refractivity contribution in [2.75, 3.05) is 6.54 Å². The molecule has 1 aromatic heterocycles. The van der Waals surface area contributed by atoms with E-state index in [0.717, 1.165) is 24.8 Å². The fraction of sp³-hybridized carbons (Fsp3) is 0.600. The van der Waals surface area contributed by atoms with Gasteiger partial charge in [0.05, 0.1) is 11.7 Å². The fourth-order valence-electron chi connectivity index (χ4n) is 3.28. The molecule has 0 saturated carbocycles. The van der Waals surface area contributed by atoms with Gasteiger partial charge >= 0.3 is 5.97 Å². The number of hydrogen-bond donors (Lipinski definition) is 2. The topological polar surface area (TPSA) is 77.8 Å². The number of carbonyl (C=O) groups is 2. The maximum absolute atomic E-state index is 12.7. The van der Waals surface area contributed by atoms with E-state index < -0.39 is 18.1 Å². The van der Waals surface area contributed by atoms with Gasteiger partial charge in [-0.15, -0.1) is 11.3 Å². The van der Waals surface area contributed by atoms with Crippen molar-refractivity contribution in [3.63, 3.8) is 0 Å². The number of aliphatic hydroxyl groups excluding tert-OH is 1. The summed E-state index contributed by atoms with van der Waals surface area (Å²) in [5.74, 6) is -0.650. The molecule has 1 aliphatic heterocycles. The number of aliphatic carboxylic acids is 1. The summed E-state index contributed by atoms with van der Waals surface area (Å²) in [6, 6.07) is -0.912. The fourth-order valence-corrected chi connectivity index (χ4v) is 4.52. The number of aliphatic hydroxyl groups is 1. The zero-order valence-electron chi connectivity index (χ0n) is 11.9. The molecule has 6 heteroatoms. The summed E-state index contributed by atoms with van der Waals surface area (Å²) in [7, 11) is 0. The van der Waals surface area contributed by atoms with Crippen LogP contribution in [0.5, 0.6) is 0 Å². The van der Waals surface area contributed by atoms with Crippen molar-refractivity contribution in [1.29, 1.82) is 0 Å². The molecule has 5 nitrogen and oxygen atoms in total. The molecular weight excluding hydrogens is 290 g/mol. The Morgan fingerprint density at radius 1 is 1.43 bits per heavy atom. The van der Waals surface area contributed by atoms with Gasteiger partial charge in [0.15, 0.2) is 0 Å². The zero-order chi connectivity index (χ0) is 15.1. The number of nitrogens with zero attached hydrogens (tertiary/aromatic N) is 1. The molecule has 0 radical (unpaired) electrons. The normalized spacial score (nSPS) is 28.5. The average molecular weight is 309 g/mol. The van der Waals surface area contributed by atoms with Gasteiger partial charge < -0.3 is 15.1 Å². The second-order valence-electron chi connectivity index (χ2n) is 6.10. The molecule has 1 unspecified atom stereocenters. The Hall–Kier alpha value is -1.40. The molecule has 0 spiro atoms. The number of fused-ring (bicyclic) bond motifs is 1. The molecule has 0 bridgehead atoms. The van der Waals surface area contributed by atoms with Crippen LogP contribution in [0.25, 0.3) is 0 Å².